The first-order valence-electron chi connectivity index (χ1n) is 7.56. The number of imide groups is 2. The van der Waals surface area contributed by atoms with Crippen LogP contribution in [-0.4, -0.2) is 30.9 Å². The molecule has 0 aliphatic carbocycles. The molecular formula is C18H14N2O6. The van der Waals surface area contributed by atoms with Crippen LogP contribution in [-0.2, 0) is 14.3 Å². The highest BCUT2D eigenvalue weighted by molar-refractivity contribution is 6.31. The molecule has 8 nitrogen and oxygen atoms in total. The molecule has 132 valence electrons. The van der Waals surface area contributed by atoms with E-state index in [0.29, 0.717) is 11.3 Å². The van der Waals surface area contributed by atoms with Crippen molar-refractivity contribution in [1.82, 2.24) is 10.6 Å². The number of methoxy groups -OCH3 is 1. The van der Waals surface area contributed by atoms with Gasteiger partial charge in [0.2, 0.25) is 0 Å². The molecule has 0 radical (unpaired) electrons. The van der Waals surface area contributed by atoms with Gasteiger partial charge in [-0.3, -0.25) is 20.2 Å². The molecule has 26 heavy (non-hydrogen) atoms. The molecule has 3 rings (SSSR count). The van der Waals surface area contributed by atoms with Gasteiger partial charge in [0.05, 0.1) is 12.7 Å². The summed E-state index contributed by atoms with van der Waals surface area (Å²) in [5.74, 6) is -1.26. The number of rotatable bonds is 3. The summed E-state index contributed by atoms with van der Waals surface area (Å²) in [6, 6.07) is 7.41. The number of barbiturate groups is 1. The maximum absolute atomic E-state index is 11.7. The molecular weight excluding hydrogens is 340 g/mol. The Hall–Kier alpha value is -3.68. The third-order valence-corrected chi connectivity index (χ3v) is 3.77. The van der Waals surface area contributed by atoms with Gasteiger partial charge in [-0.05, 0) is 42.8 Å². The van der Waals surface area contributed by atoms with Gasteiger partial charge < -0.3 is 9.15 Å². The molecule has 4 amide bonds. The maximum Gasteiger partial charge on any atom is 0.337 e. The van der Waals surface area contributed by atoms with Crippen molar-refractivity contribution in [3.8, 4) is 11.3 Å². The first kappa shape index (κ1) is 17.2. The Labute approximate surface area is 147 Å². The van der Waals surface area contributed by atoms with Crippen molar-refractivity contribution in [2.24, 2.45) is 0 Å². The summed E-state index contributed by atoms with van der Waals surface area (Å²) in [4.78, 5) is 46.1. The minimum Gasteiger partial charge on any atom is -0.465 e. The van der Waals surface area contributed by atoms with Gasteiger partial charge >= 0.3 is 12.0 Å². The smallest absolute Gasteiger partial charge is 0.337 e. The predicted molar refractivity (Wildman–Crippen MR) is 89.9 cm³/mol. The van der Waals surface area contributed by atoms with E-state index in [1.165, 1.54) is 13.2 Å². The van der Waals surface area contributed by atoms with Crippen LogP contribution in [0.3, 0.4) is 0 Å². The Morgan fingerprint density at radius 3 is 2.38 bits per heavy atom. The largest absolute Gasteiger partial charge is 0.465 e. The third-order valence-electron chi connectivity index (χ3n) is 3.77. The highest BCUT2D eigenvalue weighted by atomic mass is 16.5. The zero-order valence-electron chi connectivity index (χ0n) is 13.9. The molecule has 1 aromatic carbocycles. The number of carbonyl (C=O) groups is 4. The summed E-state index contributed by atoms with van der Waals surface area (Å²) in [5, 5.41) is 3.97. The standard InChI is InChI=1S/C18H14N2O6/c1-9-7-10(17(23)25-2)3-5-12(9)14-6-4-11(26-14)8-13-15(21)19-18(24)20-16(13)22/h3-8H,1-2H3,(H2,19,20,21,22,24). The fourth-order valence-corrected chi connectivity index (χ4v) is 2.51. The fourth-order valence-electron chi connectivity index (χ4n) is 2.51. The Morgan fingerprint density at radius 1 is 1.08 bits per heavy atom. The van der Waals surface area contributed by atoms with Crippen LogP contribution >= 0.6 is 0 Å². The van der Waals surface area contributed by atoms with Gasteiger partial charge in [0.1, 0.15) is 17.1 Å². The Balaban J connectivity index is 1.90. The number of esters is 1. The van der Waals surface area contributed by atoms with Crippen molar-refractivity contribution in [1.29, 1.82) is 0 Å². The summed E-state index contributed by atoms with van der Waals surface area (Å²) in [6.45, 7) is 1.82. The van der Waals surface area contributed by atoms with Gasteiger partial charge in [-0.2, -0.15) is 0 Å². The first-order valence-corrected chi connectivity index (χ1v) is 7.56. The lowest BCUT2D eigenvalue weighted by Crippen LogP contribution is -2.51. The van der Waals surface area contributed by atoms with E-state index in [4.69, 9.17) is 4.42 Å². The first-order chi connectivity index (χ1) is 12.4. The number of furan rings is 1. The molecule has 0 spiro atoms. The lowest BCUT2D eigenvalue weighted by molar-refractivity contribution is -0.123. The predicted octanol–water partition coefficient (Wildman–Crippen LogP) is 1.79. The van der Waals surface area contributed by atoms with Crippen LogP contribution in [0.2, 0.25) is 0 Å². The van der Waals surface area contributed by atoms with E-state index < -0.39 is 23.8 Å². The number of aryl methyl sites for hydroxylation is 1. The Morgan fingerprint density at radius 2 is 1.77 bits per heavy atom. The van der Waals surface area contributed by atoms with Gasteiger partial charge in [-0.25, -0.2) is 9.59 Å². The molecule has 1 fully saturated rings. The number of benzene rings is 1. The average Bonchev–Trinajstić information content (AvgIpc) is 3.05. The van der Waals surface area contributed by atoms with E-state index >= 15 is 0 Å². The molecule has 0 bridgehead atoms. The number of hydrogen-bond donors (Lipinski definition) is 2. The van der Waals surface area contributed by atoms with Crippen LogP contribution in [0.1, 0.15) is 21.7 Å². The maximum atomic E-state index is 11.7. The second-order valence-corrected chi connectivity index (χ2v) is 5.52. The zero-order chi connectivity index (χ0) is 18.8. The van der Waals surface area contributed by atoms with Crippen molar-refractivity contribution in [3.05, 3.63) is 52.8 Å². The molecule has 1 aliphatic heterocycles. The minimum atomic E-state index is -0.862. The van der Waals surface area contributed by atoms with Crippen molar-refractivity contribution >= 4 is 29.9 Å². The van der Waals surface area contributed by atoms with Crippen molar-refractivity contribution in [3.63, 3.8) is 0 Å². The zero-order valence-corrected chi connectivity index (χ0v) is 13.9. The summed E-state index contributed by atoms with van der Waals surface area (Å²) < 4.78 is 10.3. The summed E-state index contributed by atoms with van der Waals surface area (Å²) in [5.41, 5.74) is 1.72. The van der Waals surface area contributed by atoms with E-state index in [1.807, 2.05) is 17.6 Å². The molecule has 1 aliphatic rings. The number of urea groups is 1. The monoisotopic (exact) mass is 354 g/mol. The minimum absolute atomic E-state index is 0.233. The van der Waals surface area contributed by atoms with E-state index in [1.54, 1.807) is 30.3 Å². The quantitative estimate of drug-likeness (QED) is 0.493. The second kappa shape index (κ2) is 6.67. The second-order valence-electron chi connectivity index (χ2n) is 5.52. The van der Waals surface area contributed by atoms with Crippen LogP contribution in [0.5, 0.6) is 0 Å². The molecule has 2 aromatic rings. The average molecular weight is 354 g/mol. The topological polar surface area (TPSA) is 115 Å². The SMILES string of the molecule is COC(=O)c1ccc(-c2ccc(C=C3C(=O)NC(=O)NC3=O)o2)c(C)c1. The van der Waals surface area contributed by atoms with E-state index in [2.05, 4.69) is 4.74 Å². The van der Waals surface area contributed by atoms with Crippen LogP contribution in [0, 0.1) is 6.92 Å². The number of ether oxygens (including phenoxy) is 1. The van der Waals surface area contributed by atoms with Gasteiger partial charge in [-0.1, -0.05) is 6.07 Å². The molecule has 0 unspecified atom stereocenters. The van der Waals surface area contributed by atoms with Crippen molar-refractivity contribution < 1.29 is 28.3 Å². The van der Waals surface area contributed by atoms with Gasteiger partial charge in [-0.15, -0.1) is 0 Å². The van der Waals surface area contributed by atoms with Gasteiger partial charge in [0.15, 0.2) is 0 Å². The highest BCUT2D eigenvalue weighted by Crippen LogP contribution is 2.27. The van der Waals surface area contributed by atoms with Crippen LogP contribution < -0.4 is 10.6 Å². The molecule has 0 saturated carbocycles. The number of amides is 4. The van der Waals surface area contributed by atoms with Gasteiger partial charge in [0.25, 0.3) is 11.8 Å². The van der Waals surface area contributed by atoms with Gasteiger partial charge in [0, 0.05) is 5.56 Å². The molecule has 8 heteroatoms. The number of carbonyl (C=O) groups excluding carboxylic acids is 4. The number of hydrogen-bond acceptors (Lipinski definition) is 6. The van der Waals surface area contributed by atoms with Crippen molar-refractivity contribution in [2.45, 2.75) is 6.92 Å². The molecule has 0 atom stereocenters. The van der Waals surface area contributed by atoms with Crippen LogP contribution in [0.15, 0.2) is 40.3 Å². The fraction of sp³-hybridized carbons (Fsp3) is 0.111. The summed E-state index contributed by atoms with van der Waals surface area (Å²) in [7, 11) is 1.31. The third kappa shape index (κ3) is 3.25. The molecule has 1 aromatic heterocycles. The van der Waals surface area contributed by atoms with Crippen molar-refractivity contribution in [2.75, 3.05) is 7.11 Å². The van der Waals surface area contributed by atoms with E-state index in [-0.39, 0.29) is 11.3 Å². The lowest BCUT2D eigenvalue weighted by atomic mass is 10.0. The Kier molecular flexibility index (Phi) is 4.40. The molecule has 2 heterocycles. The normalized spacial score (nSPS) is 13.9. The lowest BCUT2D eigenvalue weighted by Gasteiger charge is -2.13. The number of nitrogens with one attached hydrogen (secondary N) is 2. The molecule has 1 saturated heterocycles. The van der Waals surface area contributed by atoms with E-state index in [0.717, 1.165) is 11.1 Å². The molecule has 2 N–H and O–H groups in total. The Bertz CT molecular complexity index is 948. The van der Waals surface area contributed by atoms with E-state index in [9.17, 15) is 19.2 Å². The van der Waals surface area contributed by atoms with Crippen LogP contribution in [0.25, 0.3) is 17.4 Å². The van der Waals surface area contributed by atoms with Crippen LogP contribution in [0.4, 0.5) is 4.79 Å². The highest BCUT2D eigenvalue weighted by Gasteiger charge is 2.28. The summed E-state index contributed by atoms with van der Waals surface area (Å²) >= 11 is 0. The summed E-state index contributed by atoms with van der Waals surface area (Å²) in [6.07, 6.45) is 1.25.